The second-order valence-electron chi connectivity index (χ2n) is 7.15. The lowest BCUT2D eigenvalue weighted by atomic mass is 9.69. The lowest BCUT2D eigenvalue weighted by Gasteiger charge is -2.32. The highest BCUT2D eigenvalue weighted by Crippen LogP contribution is 2.42. The second-order valence-corrected chi connectivity index (χ2v) is 7.15. The van der Waals surface area contributed by atoms with Crippen molar-refractivity contribution in [2.24, 2.45) is 0 Å². The van der Waals surface area contributed by atoms with E-state index in [2.05, 4.69) is 6.08 Å². The van der Waals surface area contributed by atoms with Crippen LogP contribution in [0.1, 0.15) is 55.6 Å². The molecule has 0 radical (unpaired) electrons. The molecule has 1 aromatic rings. The summed E-state index contributed by atoms with van der Waals surface area (Å²) in [6.45, 7) is 8.18. The zero-order chi connectivity index (χ0) is 16.8. The van der Waals surface area contributed by atoms with Crippen molar-refractivity contribution < 1.29 is 18.8 Å². The predicted molar refractivity (Wildman–Crippen MR) is 90.2 cm³/mol. The summed E-state index contributed by atoms with van der Waals surface area (Å²) >= 11 is 0. The van der Waals surface area contributed by atoms with Gasteiger partial charge in [-0.1, -0.05) is 12.1 Å². The molecule has 0 atom stereocenters. The van der Waals surface area contributed by atoms with Gasteiger partial charge in [0, 0.05) is 0 Å². The van der Waals surface area contributed by atoms with E-state index < -0.39 is 7.12 Å². The molecule has 0 aromatic heterocycles. The van der Waals surface area contributed by atoms with E-state index in [1.165, 1.54) is 12.7 Å². The lowest BCUT2D eigenvalue weighted by Crippen LogP contribution is -2.41. The fourth-order valence-corrected chi connectivity index (χ4v) is 2.99. The van der Waals surface area contributed by atoms with Crippen LogP contribution in [0.3, 0.4) is 0 Å². The SMILES string of the molecule is COC(=O)c1ccc2c(c1)C(B1OC(C)(C)C(C)(C)O1)=CCC2. The first-order valence-electron chi connectivity index (χ1n) is 8.02. The summed E-state index contributed by atoms with van der Waals surface area (Å²) in [5.74, 6) is -0.327. The van der Waals surface area contributed by atoms with Crippen LogP contribution in [0.4, 0.5) is 0 Å². The molecule has 1 heterocycles. The Labute approximate surface area is 138 Å². The van der Waals surface area contributed by atoms with Crippen molar-refractivity contribution in [2.45, 2.75) is 51.7 Å². The van der Waals surface area contributed by atoms with Gasteiger partial charge in [0.1, 0.15) is 0 Å². The number of methoxy groups -OCH3 is 1. The second kappa shape index (κ2) is 5.50. The third-order valence-electron chi connectivity index (χ3n) is 5.13. The van der Waals surface area contributed by atoms with E-state index in [1.54, 1.807) is 0 Å². The quantitative estimate of drug-likeness (QED) is 0.620. The van der Waals surface area contributed by atoms with Gasteiger partial charge < -0.3 is 14.0 Å². The van der Waals surface area contributed by atoms with Gasteiger partial charge in [-0.3, -0.25) is 0 Å². The summed E-state index contributed by atoms with van der Waals surface area (Å²) in [6, 6.07) is 5.70. The highest BCUT2D eigenvalue weighted by Gasteiger charge is 2.52. The highest BCUT2D eigenvalue weighted by molar-refractivity contribution is 6.69. The van der Waals surface area contributed by atoms with E-state index in [0.717, 1.165) is 23.9 Å². The first-order valence-corrected chi connectivity index (χ1v) is 8.02. The van der Waals surface area contributed by atoms with Gasteiger partial charge in [-0.2, -0.15) is 0 Å². The smallest absolute Gasteiger partial charge is 0.465 e. The van der Waals surface area contributed by atoms with Gasteiger partial charge in [0.25, 0.3) is 0 Å². The van der Waals surface area contributed by atoms with Crippen LogP contribution in [-0.2, 0) is 20.5 Å². The van der Waals surface area contributed by atoms with Crippen LogP contribution in [0.2, 0.25) is 0 Å². The van der Waals surface area contributed by atoms with Crippen molar-refractivity contribution in [3.05, 3.63) is 41.0 Å². The monoisotopic (exact) mass is 314 g/mol. The Hall–Kier alpha value is -1.59. The van der Waals surface area contributed by atoms with Crippen LogP contribution in [-0.4, -0.2) is 31.4 Å². The van der Waals surface area contributed by atoms with Crippen molar-refractivity contribution in [3.63, 3.8) is 0 Å². The molecule has 1 fully saturated rings. The molecule has 0 amide bonds. The van der Waals surface area contributed by atoms with Gasteiger partial charge in [0.2, 0.25) is 0 Å². The van der Waals surface area contributed by atoms with Crippen molar-refractivity contribution in [1.82, 2.24) is 0 Å². The van der Waals surface area contributed by atoms with E-state index in [-0.39, 0.29) is 17.2 Å². The maximum atomic E-state index is 11.8. The third-order valence-corrected chi connectivity index (χ3v) is 5.13. The maximum Gasteiger partial charge on any atom is 0.495 e. The average Bonchev–Trinajstić information content (AvgIpc) is 2.73. The van der Waals surface area contributed by atoms with Crippen LogP contribution in [0.25, 0.3) is 5.47 Å². The number of hydrogen-bond donors (Lipinski definition) is 0. The molecule has 23 heavy (non-hydrogen) atoms. The molecule has 2 aliphatic rings. The van der Waals surface area contributed by atoms with E-state index in [4.69, 9.17) is 14.0 Å². The molecule has 0 bridgehead atoms. The molecule has 122 valence electrons. The Morgan fingerprint density at radius 3 is 2.43 bits per heavy atom. The number of carbonyl (C=O) groups excluding carboxylic acids is 1. The predicted octanol–water partition coefficient (Wildman–Crippen LogP) is 3.43. The Morgan fingerprint density at radius 2 is 1.83 bits per heavy atom. The minimum Gasteiger partial charge on any atom is -0.465 e. The molecule has 4 nitrogen and oxygen atoms in total. The van der Waals surface area contributed by atoms with E-state index in [0.29, 0.717) is 5.56 Å². The van der Waals surface area contributed by atoms with E-state index in [9.17, 15) is 4.79 Å². The molecular formula is C18H23BO4. The molecule has 1 aromatic carbocycles. The van der Waals surface area contributed by atoms with Gasteiger partial charge in [0.15, 0.2) is 0 Å². The summed E-state index contributed by atoms with van der Waals surface area (Å²) in [5, 5.41) is 0. The average molecular weight is 314 g/mol. The minimum atomic E-state index is -0.410. The Bertz CT molecular complexity index is 660. The molecule has 0 N–H and O–H groups in total. The van der Waals surface area contributed by atoms with Crippen molar-refractivity contribution in [2.75, 3.05) is 7.11 Å². The largest absolute Gasteiger partial charge is 0.495 e. The van der Waals surface area contributed by atoms with Gasteiger partial charge in [-0.25, -0.2) is 4.79 Å². The van der Waals surface area contributed by atoms with E-state index >= 15 is 0 Å². The fraction of sp³-hybridized carbons (Fsp3) is 0.500. The summed E-state index contributed by atoms with van der Waals surface area (Å²) in [5.41, 5.74) is 3.04. The fourth-order valence-electron chi connectivity index (χ4n) is 2.99. The van der Waals surface area contributed by atoms with Crippen LogP contribution >= 0.6 is 0 Å². The molecule has 1 aliphatic carbocycles. The van der Waals surface area contributed by atoms with Crippen LogP contribution in [0, 0.1) is 0 Å². The highest BCUT2D eigenvalue weighted by atomic mass is 16.7. The summed E-state index contributed by atoms with van der Waals surface area (Å²) in [6.07, 6.45) is 4.06. The van der Waals surface area contributed by atoms with Crippen LogP contribution in [0.5, 0.6) is 0 Å². The Kier molecular flexibility index (Phi) is 3.89. The Balaban J connectivity index is 1.98. The number of allylic oxidation sites excluding steroid dienone is 1. The van der Waals surface area contributed by atoms with Crippen molar-refractivity contribution in [3.8, 4) is 0 Å². The van der Waals surface area contributed by atoms with Gasteiger partial charge in [-0.15, -0.1) is 0 Å². The van der Waals surface area contributed by atoms with Crippen LogP contribution < -0.4 is 0 Å². The third kappa shape index (κ3) is 2.72. The maximum absolute atomic E-state index is 11.8. The molecule has 1 aliphatic heterocycles. The lowest BCUT2D eigenvalue weighted by molar-refractivity contribution is 0.00578. The van der Waals surface area contributed by atoms with Crippen molar-refractivity contribution >= 4 is 18.6 Å². The summed E-state index contributed by atoms with van der Waals surface area (Å²) < 4.78 is 17.2. The van der Waals surface area contributed by atoms with Crippen molar-refractivity contribution in [1.29, 1.82) is 0 Å². The normalized spacial score (nSPS) is 21.6. The first-order chi connectivity index (χ1) is 10.7. The standard InChI is InChI=1S/C18H23BO4/c1-17(2)18(3,4)23-19(22-17)15-8-6-7-12-9-10-13(11-14(12)15)16(20)21-5/h8-11H,6-7H2,1-5H3. The molecule has 0 saturated carbocycles. The number of hydrogen-bond acceptors (Lipinski definition) is 4. The summed E-state index contributed by atoms with van der Waals surface area (Å²) in [7, 11) is 0.985. The Morgan fingerprint density at radius 1 is 1.17 bits per heavy atom. The van der Waals surface area contributed by atoms with Crippen LogP contribution in [0.15, 0.2) is 24.3 Å². The first kappa shape index (κ1) is 16.3. The molecule has 0 spiro atoms. The minimum absolute atomic E-state index is 0.327. The summed E-state index contributed by atoms with van der Waals surface area (Å²) in [4.78, 5) is 11.8. The molecule has 5 heteroatoms. The van der Waals surface area contributed by atoms with Gasteiger partial charge in [-0.05, 0) is 69.3 Å². The molecule has 3 rings (SSSR count). The molecule has 1 saturated heterocycles. The van der Waals surface area contributed by atoms with Gasteiger partial charge in [0.05, 0.1) is 23.9 Å². The number of aryl methyl sites for hydroxylation is 1. The number of rotatable bonds is 2. The zero-order valence-electron chi connectivity index (χ0n) is 14.4. The zero-order valence-corrected chi connectivity index (χ0v) is 14.4. The van der Waals surface area contributed by atoms with E-state index in [1.807, 2.05) is 45.9 Å². The number of ether oxygens (including phenoxy) is 1. The number of carbonyl (C=O) groups is 1. The molecule has 0 unspecified atom stereocenters. The number of esters is 1. The molecular weight excluding hydrogens is 291 g/mol. The number of fused-ring (bicyclic) bond motifs is 1. The van der Waals surface area contributed by atoms with Gasteiger partial charge >= 0.3 is 13.1 Å². The topological polar surface area (TPSA) is 44.8 Å². The number of benzene rings is 1.